The van der Waals surface area contributed by atoms with Gasteiger partial charge in [0.15, 0.2) is 0 Å². The maximum absolute atomic E-state index is 10.9. The van der Waals surface area contributed by atoms with Gasteiger partial charge in [0.1, 0.15) is 11.6 Å². The van der Waals surface area contributed by atoms with E-state index in [1.165, 1.54) is 18.3 Å². The number of nitrogens with zero attached hydrogens (tertiary/aromatic N) is 3. The summed E-state index contributed by atoms with van der Waals surface area (Å²) in [6, 6.07) is 9.39. The first kappa shape index (κ1) is 14.7. The smallest absolute Gasteiger partial charge is 0.331 e. The van der Waals surface area contributed by atoms with Crippen LogP contribution in [0.1, 0.15) is 0 Å². The molecule has 7 nitrogen and oxygen atoms in total. The molecule has 0 atom stereocenters. The van der Waals surface area contributed by atoms with Crippen molar-refractivity contribution in [1.82, 2.24) is 4.98 Å². The minimum absolute atomic E-state index is 0.0889. The van der Waals surface area contributed by atoms with Gasteiger partial charge in [-0.15, -0.1) is 11.6 Å². The molecule has 2 aromatic rings. The van der Waals surface area contributed by atoms with Gasteiger partial charge in [-0.25, -0.2) is 9.98 Å². The van der Waals surface area contributed by atoms with E-state index in [1.807, 2.05) is 0 Å². The van der Waals surface area contributed by atoms with E-state index in [2.05, 4.69) is 9.98 Å². The number of ether oxygens (including phenoxy) is 1. The zero-order chi connectivity index (χ0) is 15.2. The third kappa shape index (κ3) is 3.90. The summed E-state index contributed by atoms with van der Waals surface area (Å²) in [5, 5.41) is 10.9. The van der Waals surface area contributed by atoms with Gasteiger partial charge in [0.25, 0.3) is 5.88 Å². The number of aromatic nitrogens is 1. The van der Waals surface area contributed by atoms with Crippen molar-refractivity contribution in [3.8, 4) is 11.6 Å². The van der Waals surface area contributed by atoms with Crippen LogP contribution in [0.3, 0.4) is 0 Å². The predicted octanol–water partition coefficient (Wildman–Crippen LogP) is 3.01. The Morgan fingerprint density at radius 1 is 1.43 bits per heavy atom. The number of hydrogen-bond donors (Lipinski definition) is 1. The molecule has 0 radical (unpaired) electrons. The molecule has 0 aliphatic rings. The molecule has 0 spiro atoms. The molecular weight excluding hydrogens is 296 g/mol. The minimum atomic E-state index is -0.560. The van der Waals surface area contributed by atoms with Crippen LogP contribution >= 0.6 is 11.6 Å². The van der Waals surface area contributed by atoms with Crippen LogP contribution in [0.15, 0.2) is 47.6 Å². The Balaban J connectivity index is 2.29. The highest BCUT2D eigenvalue weighted by molar-refractivity contribution is 6.28. The average molecular weight is 307 g/mol. The zero-order valence-corrected chi connectivity index (χ0v) is 11.5. The molecule has 1 aromatic carbocycles. The Morgan fingerprint density at radius 2 is 2.24 bits per heavy atom. The molecule has 1 heterocycles. The molecule has 0 aliphatic carbocycles. The predicted molar refractivity (Wildman–Crippen MR) is 79.4 cm³/mol. The van der Waals surface area contributed by atoms with Crippen LogP contribution in [0.5, 0.6) is 11.6 Å². The van der Waals surface area contributed by atoms with Crippen molar-refractivity contribution in [2.45, 2.75) is 0 Å². The maximum Gasteiger partial charge on any atom is 0.331 e. The van der Waals surface area contributed by atoms with E-state index in [0.717, 1.165) is 0 Å². The minimum Gasteiger partial charge on any atom is -0.434 e. The van der Waals surface area contributed by atoms with Crippen LogP contribution in [-0.2, 0) is 0 Å². The van der Waals surface area contributed by atoms with Crippen molar-refractivity contribution in [2.24, 2.45) is 10.7 Å². The summed E-state index contributed by atoms with van der Waals surface area (Å²) in [7, 11) is 0. The standard InChI is InChI=1S/C13H11ClN4O3/c14-8-12(15)17-9-3-1-4-10(7-9)21-13-11(18(19)20)5-2-6-16-13/h1-7H,8H2,(H2,15,17). The molecule has 108 valence electrons. The molecule has 8 heteroatoms. The van der Waals surface area contributed by atoms with E-state index >= 15 is 0 Å². The number of benzene rings is 1. The highest BCUT2D eigenvalue weighted by Gasteiger charge is 2.16. The van der Waals surface area contributed by atoms with E-state index < -0.39 is 4.92 Å². The van der Waals surface area contributed by atoms with E-state index in [0.29, 0.717) is 11.4 Å². The lowest BCUT2D eigenvalue weighted by Crippen LogP contribution is -2.12. The number of pyridine rings is 1. The fourth-order valence-electron chi connectivity index (χ4n) is 1.52. The number of aliphatic imine (C=N–C) groups is 1. The molecule has 0 bridgehead atoms. The third-order valence-corrected chi connectivity index (χ3v) is 2.66. The Bertz CT molecular complexity index is 691. The molecule has 1 aromatic heterocycles. The number of nitro groups is 1. The van der Waals surface area contributed by atoms with Gasteiger partial charge in [0, 0.05) is 18.3 Å². The van der Waals surface area contributed by atoms with Gasteiger partial charge in [-0.1, -0.05) is 6.07 Å². The Morgan fingerprint density at radius 3 is 2.95 bits per heavy atom. The van der Waals surface area contributed by atoms with Crippen LogP contribution in [0.25, 0.3) is 0 Å². The molecule has 2 rings (SSSR count). The maximum atomic E-state index is 10.9. The highest BCUT2D eigenvalue weighted by Crippen LogP contribution is 2.30. The number of nitrogens with two attached hydrogens (primary N) is 1. The van der Waals surface area contributed by atoms with Crippen molar-refractivity contribution in [3.05, 3.63) is 52.7 Å². The van der Waals surface area contributed by atoms with Gasteiger partial charge in [-0.2, -0.15) is 0 Å². The summed E-state index contributed by atoms with van der Waals surface area (Å²) in [5.74, 6) is 0.642. The molecule has 0 unspecified atom stereocenters. The fraction of sp³-hybridized carbons (Fsp3) is 0.0769. The van der Waals surface area contributed by atoms with Crippen molar-refractivity contribution in [1.29, 1.82) is 0 Å². The van der Waals surface area contributed by atoms with Crippen molar-refractivity contribution in [2.75, 3.05) is 5.88 Å². The molecule has 0 saturated carbocycles. The summed E-state index contributed by atoms with van der Waals surface area (Å²) in [6.45, 7) is 0. The topological polar surface area (TPSA) is 104 Å². The van der Waals surface area contributed by atoms with E-state index in [4.69, 9.17) is 22.1 Å². The van der Waals surface area contributed by atoms with Crippen molar-refractivity contribution >= 4 is 28.8 Å². The SMILES string of the molecule is NC(CCl)=Nc1cccc(Oc2ncccc2[N+](=O)[O-])c1. The second kappa shape index (κ2) is 6.67. The number of amidine groups is 1. The van der Waals surface area contributed by atoms with Gasteiger partial charge < -0.3 is 10.5 Å². The molecule has 0 aliphatic heterocycles. The number of rotatable bonds is 5. The first-order valence-electron chi connectivity index (χ1n) is 5.86. The normalized spacial score (nSPS) is 11.2. The van der Waals surface area contributed by atoms with Crippen LogP contribution in [0.4, 0.5) is 11.4 Å². The lowest BCUT2D eigenvalue weighted by atomic mass is 10.3. The van der Waals surface area contributed by atoms with Crippen molar-refractivity contribution < 1.29 is 9.66 Å². The lowest BCUT2D eigenvalue weighted by molar-refractivity contribution is -0.386. The van der Waals surface area contributed by atoms with Gasteiger partial charge in [0.2, 0.25) is 0 Å². The number of halogens is 1. The highest BCUT2D eigenvalue weighted by atomic mass is 35.5. The zero-order valence-electron chi connectivity index (χ0n) is 10.8. The Kier molecular flexibility index (Phi) is 4.68. The quantitative estimate of drug-likeness (QED) is 0.300. The van der Waals surface area contributed by atoms with Gasteiger partial charge in [-0.05, 0) is 18.2 Å². The van der Waals surface area contributed by atoms with Crippen LogP contribution < -0.4 is 10.5 Å². The summed E-state index contributed by atoms with van der Waals surface area (Å²) in [4.78, 5) is 18.3. The van der Waals surface area contributed by atoms with E-state index in [-0.39, 0.29) is 23.3 Å². The second-order valence-electron chi connectivity index (χ2n) is 3.92. The first-order valence-corrected chi connectivity index (χ1v) is 6.40. The van der Waals surface area contributed by atoms with Crippen LogP contribution in [0, 0.1) is 10.1 Å². The monoisotopic (exact) mass is 306 g/mol. The fourth-order valence-corrected chi connectivity index (χ4v) is 1.58. The lowest BCUT2D eigenvalue weighted by Gasteiger charge is -2.05. The van der Waals surface area contributed by atoms with Crippen LogP contribution in [-0.4, -0.2) is 21.6 Å². The number of alkyl halides is 1. The van der Waals surface area contributed by atoms with Gasteiger partial charge >= 0.3 is 5.69 Å². The summed E-state index contributed by atoms with van der Waals surface area (Å²) in [6.07, 6.45) is 1.41. The third-order valence-electron chi connectivity index (χ3n) is 2.39. The first-order chi connectivity index (χ1) is 10.1. The summed E-state index contributed by atoms with van der Waals surface area (Å²) >= 11 is 5.56. The number of hydrogen-bond acceptors (Lipinski definition) is 5. The Labute approximate surface area is 125 Å². The molecular formula is C13H11ClN4O3. The van der Waals surface area contributed by atoms with Gasteiger partial charge in [-0.3, -0.25) is 10.1 Å². The summed E-state index contributed by atoms with van der Waals surface area (Å²) < 4.78 is 5.43. The molecule has 0 fully saturated rings. The van der Waals surface area contributed by atoms with Crippen molar-refractivity contribution in [3.63, 3.8) is 0 Å². The summed E-state index contributed by atoms with van der Waals surface area (Å²) in [5.41, 5.74) is 5.86. The second-order valence-corrected chi connectivity index (χ2v) is 4.19. The van der Waals surface area contributed by atoms with Gasteiger partial charge in [0.05, 0.1) is 16.5 Å². The Hall–Kier alpha value is -2.67. The molecule has 0 saturated heterocycles. The molecule has 21 heavy (non-hydrogen) atoms. The van der Waals surface area contributed by atoms with Crippen LogP contribution in [0.2, 0.25) is 0 Å². The average Bonchev–Trinajstić information content (AvgIpc) is 2.48. The molecule has 0 amide bonds. The van der Waals surface area contributed by atoms with E-state index in [9.17, 15) is 10.1 Å². The molecule has 2 N–H and O–H groups in total. The largest absolute Gasteiger partial charge is 0.434 e. The van der Waals surface area contributed by atoms with E-state index in [1.54, 1.807) is 24.3 Å².